The van der Waals surface area contributed by atoms with Crippen LogP contribution in [0.15, 0.2) is 16.5 Å². The molecular weight excluding hydrogens is 192 g/mol. The summed E-state index contributed by atoms with van der Waals surface area (Å²) in [6.45, 7) is 5.99. The highest BCUT2D eigenvalue weighted by atomic mass is 16.4. The van der Waals surface area contributed by atoms with Crippen LogP contribution in [0.1, 0.15) is 27.2 Å². The third-order valence-electron chi connectivity index (χ3n) is 2.88. The lowest BCUT2D eigenvalue weighted by molar-refractivity contribution is 0.0665. The van der Waals surface area contributed by atoms with Crippen molar-refractivity contribution in [3.63, 3.8) is 0 Å². The standard InChI is InChI=1S/C12H12O3/c1-6-4-10-9(8(3)7(6)2)5-11(15-10)12(13)14/h4-5H,1-3H3,(H,13,14). The summed E-state index contributed by atoms with van der Waals surface area (Å²) in [4.78, 5) is 10.8. The van der Waals surface area contributed by atoms with Gasteiger partial charge in [0, 0.05) is 5.39 Å². The zero-order chi connectivity index (χ0) is 11.2. The average molecular weight is 204 g/mol. The fourth-order valence-corrected chi connectivity index (χ4v) is 1.71. The molecule has 0 aliphatic heterocycles. The zero-order valence-corrected chi connectivity index (χ0v) is 8.92. The van der Waals surface area contributed by atoms with Crippen LogP contribution in [-0.2, 0) is 0 Å². The lowest BCUT2D eigenvalue weighted by atomic mass is 10.0. The molecule has 3 heteroatoms. The van der Waals surface area contributed by atoms with E-state index in [1.165, 1.54) is 5.56 Å². The normalized spacial score (nSPS) is 10.9. The molecule has 0 fully saturated rings. The summed E-state index contributed by atoms with van der Waals surface area (Å²) in [5.41, 5.74) is 4.03. The van der Waals surface area contributed by atoms with Gasteiger partial charge in [0.2, 0.25) is 5.76 Å². The van der Waals surface area contributed by atoms with Gasteiger partial charge in [0.15, 0.2) is 0 Å². The average Bonchev–Trinajstić information content (AvgIpc) is 2.58. The topological polar surface area (TPSA) is 50.4 Å². The SMILES string of the molecule is Cc1cc2oc(C(=O)O)cc2c(C)c1C. The molecule has 0 saturated heterocycles. The Morgan fingerprint density at radius 3 is 2.47 bits per heavy atom. The number of aromatic carboxylic acids is 1. The van der Waals surface area contributed by atoms with E-state index in [1.54, 1.807) is 6.07 Å². The van der Waals surface area contributed by atoms with Crippen molar-refractivity contribution in [2.24, 2.45) is 0 Å². The first-order chi connectivity index (χ1) is 7.00. The molecular formula is C12H12O3. The Bertz CT molecular complexity index is 549. The van der Waals surface area contributed by atoms with E-state index in [1.807, 2.05) is 26.8 Å². The lowest BCUT2D eigenvalue weighted by Gasteiger charge is -2.04. The minimum atomic E-state index is -1.03. The van der Waals surface area contributed by atoms with Gasteiger partial charge in [-0.25, -0.2) is 4.79 Å². The van der Waals surface area contributed by atoms with Gasteiger partial charge in [-0.1, -0.05) is 0 Å². The van der Waals surface area contributed by atoms with Crippen LogP contribution < -0.4 is 0 Å². The highest BCUT2D eigenvalue weighted by molar-refractivity contribution is 5.93. The predicted octanol–water partition coefficient (Wildman–Crippen LogP) is 3.06. The molecule has 2 rings (SSSR count). The van der Waals surface area contributed by atoms with Gasteiger partial charge in [-0.2, -0.15) is 0 Å². The summed E-state index contributed by atoms with van der Waals surface area (Å²) in [6, 6.07) is 3.46. The number of carbonyl (C=O) groups is 1. The third-order valence-corrected chi connectivity index (χ3v) is 2.88. The van der Waals surface area contributed by atoms with Gasteiger partial charge in [0.1, 0.15) is 5.58 Å². The molecule has 0 aliphatic rings. The summed E-state index contributed by atoms with van der Waals surface area (Å²) in [6.07, 6.45) is 0. The molecule has 0 amide bonds. The Labute approximate surface area is 87.3 Å². The summed E-state index contributed by atoms with van der Waals surface area (Å²) in [5.74, 6) is -1.03. The van der Waals surface area contributed by atoms with E-state index in [4.69, 9.17) is 9.52 Å². The number of carboxylic acids is 1. The van der Waals surface area contributed by atoms with E-state index in [2.05, 4.69) is 0 Å². The number of carboxylic acid groups (broad SMARTS) is 1. The van der Waals surface area contributed by atoms with E-state index in [0.29, 0.717) is 5.58 Å². The number of aryl methyl sites for hydroxylation is 2. The zero-order valence-electron chi connectivity index (χ0n) is 8.92. The number of rotatable bonds is 1. The van der Waals surface area contributed by atoms with Gasteiger partial charge >= 0.3 is 5.97 Å². The number of furan rings is 1. The Hall–Kier alpha value is -1.77. The molecule has 0 atom stereocenters. The second-order valence-electron chi connectivity index (χ2n) is 3.77. The number of hydrogen-bond acceptors (Lipinski definition) is 2. The Morgan fingerprint density at radius 1 is 1.20 bits per heavy atom. The monoisotopic (exact) mass is 204 g/mol. The van der Waals surface area contributed by atoms with Crippen molar-refractivity contribution in [2.75, 3.05) is 0 Å². The molecule has 1 heterocycles. The predicted molar refractivity (Wildman–Crippen MR) is 57.4 cm³/mol. The summed E-state index contributed by atoms with van der Waals surface area (Å²) >= 11 is 0. The molecule has 15 heavy (non-hydrogen) atoms. The second kappa shape index (κ2) is 3.12. The molecule has 0 aliphatic carbocycles. The molecule has 3 nitrogen and oxygen atoms in total. The minimum absolute atomic E-state index is 0.00176. The Balaban J connectivity index is 2.82. The first-order valence-electron chi connectivity index (χ1n) is 4.74. The van der Waals surface area contributed by atoms with Crippen molar-refractivity contribution in [1.82, 2.24) is 0 Å². The van der Waals surface area contributed by atoms with Crippen molar-refractivity contribution in [3.05, 3.63) is 34.6 Å². The fourth-order valence-electron chi connectivity index (χ4n) is 1.71. The minimum Gasteiger partial charge on any atom is -0.475 e. The van der Waals surface area contributed by atoms with Gasteiger partial charge in [-0.3, -0.25) is 0 Å². The van der Waals surface area contributed by atoms with Crippen molar-refractivity contribution >= 4 is 16.9 Å². The second-order valence-corrected chi connectivity index (χ2v) is 3.77. The maximum atomic E-state index is 10.8. The smallest absolute Gasteiger partial charge is 0.371 e. The van der Waals surface area contributed by atoms with Crippen LogP contribution in [0.5, 0.6) is 0 Å². The summed E-state index contributed by atoms with van der Waals surface area (Å²) in [5, 5.41) is 9.71. The maximum Gasteiger partial charge on any atom is 0.371 e. The van der Waals surface area contributed by atoms with E-state index >= 15 is 0 Å². The molecule has 0 spiro atoms. The summed E-state index contributed by atoms with van der Waals surface area (Å²) in [7, 11) is 0. The van der Waals surface area contributed by atoms with Crippen molar-refractivity contribution in [1.29, 1.82) is 0 Å². The fraction of sp³-hybridized carbons (Fsp3) is 0.250. The number of benzene rings is 1. The van der Waals surface area contributed by atoms with Crippen LogP contribution >= 0.6 is 0 Å². The van der Waals surface area contributed by atoms with Crippen LogP contribution in [0.4, 0.5) is 0 Å². The van der Waals surface area contributed by atoms with Crippen LogP contribution in [0.25, 0.3) is 11.0 Å². The van der Waals surface area contributed by atoms with Crippen LogP contribution in [-0.4, -0.2) is 11.1 Å². The molecule has 2 aromatic rings. The van der Waals surface area contributed by atoms with Gasteiger partial charge in [-0.15, -0.1) is 0 Å². The van der Waals surface area contributed by atoms with Gasteiger partial charge in [0.05, 0.1) is 0 Å². The van der Waals surface area contributed by atoms with Crippen molar-refractivity contribution < 1.29 is 14.3 Å². The first-order valence-corrected chi connectivity index (χ1v) is 4.74. The lowest BCUT2D eigenvalue weighted by Crippen LogP contribution is -1.91. The van der Waals surface area contributed by atoms with Gasteiger partial charge in [-0.05, 0) is 49.6 Å². The largest absolute Gasteiger partial charge is 0.475 e. The Kier molecular flexibility index (Phi) is 2.03. The van der Waals surface area contributed by atoms with E-state index in [9.17, 15) is 4.79 Å². The van der Waals surface area contributed by atoms with E-state index in [0.717, 1.165) is 16.5 Å². The van der Waals surface area contributed by atoms with Crippen molar-refractivity contribution in [2.45, 2.75) is 20.8 Å². The van der Waals surface area contributed by atoms with Gasteiger partial charge < -0.3 is 9.52 Å². The highest BCUT2D eigenvalue weighted by Gasteiger charge is 2.13. The van der Waals surface area contributed by atoms with Crippen LogP contribution in [0.3, 0.4) is 0 Å². The third kappa shape index (κ3) is 1.40. The Morgan fingerprint density at radius 2 is 1.87 bits per heavy atom. The molecule has 78 valence electrons. The molecule has 0 bridgehead atoms. The van der Waals surface area contributed by atoms with Crippen LogP contribution in [0.2, 0.25) is 0 Å². The van der Waals surface area contributed by atoms with Crippen LogP contribution in [0, 0.1) is 20.8 Å². The van der Waals surface area contributed by atoms with E-state index < -0.39 is 5.97 Å². The van der Waals surface area contributed by atoms with E-state index in [-0.39, 0.29) is 5.76 Å². The molecule has 1 N–H and O–H groups in total. The molecule has 1 aromatic carbocycles. The van der Waals surface area contributed by atoms with Crippen molar-refractivity contribution in [3.8, 4) is 0 Å². The summed E-state index contributed by atoms with van der Waals surface area (Å²) < 4.78 is 5.25. The molecule has 1 aromatic heterocycles. The molecule has 0 unspecified atom stereocenters. The molecule has 0 radical (unpaired) electrons. The number of hydrogen-bond donors (Lipinski definition) is 1. The maximum absolute atomic E-state index is 10.8. The van der Waals surface area contributed by atoms with Gasteiger partial charge in [0.25, 0.3) is 0 Å². The first kappa shape index (κ1) is 9.77. The molecule has 0 saturated carbocycles. The number of fused-ring (bicyclic) bond motifs is 1. The highest BCUT2D eigenvalue weighted by Crippen LogP contribution is 2.27. The quantitative estimate of drug-likeness (QED) is 0.776.